The van der Waals surface area contributed by atoms with Crippen LogP contribution >= 0.6 is 0 Å². The lowest BCUT2D eigenvalue weighted by Crippen LogP contribution is -2.39. The molecule has 0 spiro atoms. The molecule has 4 rings (SSSR count). The molecule has 0 saturated heterocycles. The Morgan fingerprint density at radius 2 is 2.12 bits per heavy atom. The van der Waals surface area contributed by atoms with E-state index < -0.39 is 0 Å². The molecular weight excluding hydrogens is 311 g/mol. The summed E-state index contributed by atoms with van der Waals surface area (Å²) in [6.07, 6.45) is 2.00. The Labute approximate surface area is 138 Å². The van der Waals surface area contributed by atoms with E-state index in [2.05, 4.69) is 10.4 Å². The molecule has 1 aliphatic heterocycles. The zero-order valence-corrected chi connectivity index (χ0v) is 13.0. The van der Waals surface area contributed by atoms with Gasteiger partial charge in [0.25, 0.3) is 11.8 Å². The van der Waals surface area contributed by atoms with Crippen LogP contribution in [-0.2, 0) is 13.1 Å². The van der Waals surface area contributed by atoms with Gasteiger partial charge in [0.1, 0.15) is 11.5 Å². The predicted octanol–water partition coefficient (Wildman–Crippen LogP) is 1.57. The van der Waals surface area contributed by atoms with Crippen molar-refractivity contribution in [2.24, 2.45) is 0 Å². The van der Waals surface area contributed by atoms with Gasteiger partial charge in [0.05, 0.1) is 6.54 Å². The van der Waals surface area contributed by atoms with Crippen molar-refractivity contribution >= 4 is 11.8 Å². The van der Waals surface area contributed by atoms with E-state index in [9.17, 15) is 14.0 Å². The topological polar surface area (TPSA) is 67.2 Å². The minimum atomic E-state index is -0.318. The summed E-state index contributed by atoms with van der Waals surface area (Å²) in [5, 5.41) is 7.10. The average Bonchev–Trinajstić information content (AvgIpc) is 3.25. The molecule has 124 valence electrons. The molecule has 2 amide bonds. The molecule has 24 heavy (non-hydrogen) atoms. The van der Waals surface area contributed by atoms with E-state index in [1.807, 2.05) is 0 Å². The lowest BCUT2D eigenvalue weighted by Gasteiger charge is -2.27. The predicted molar refractivity (Wildman–Crippen MR) is 83.9 cm³/mol. The number of nitrogens with zero attached hydrogens (tertiary/aromatic N) is 3. The molecule has 1 aliphatic carbocycles. The van der Waals surface area contributed by atoms with Gasteiger partial charge in [-0.3, -0.25) is 14.3 Å². The first kappa shape index (κ1) is 14.9. The summed E-state index contributed by atoms with van der Waals surface area (Å²) in [5.41, 5.74) is 1.42. The molecule has 2 aromatic rings. The molecule has 0 atom stereocenters. The molecule has 2 heterocycles. The summed E-state index contributed by atoms with van der Waals surface area (Å²) in [4.78, 5) is 26.3. The Morgan fingerprint density at radius 3 is 2.88 bits per heavy atom. The van der Waals surface area contributed by atoms with E-state index in [0.29, 0.717) is 25.3 Å². The largest absolute Gasteiger partial charge is 0.348 e. The third-order valence-electron chi connectivity index (χ3n) is 4.28. The maximum absolute atomic E-state index is 13.3. The van der Waals surface area contributed by atoms with Crippen molar-refractivity contribution < 1.29 is 14.0 Å². The second-order valence-corrected chi connectivity index (χ2v) is 6.24. The molecule has 1 aromatic carbocycles. The number of hydrogen-bond acceptors (Lipinski definition) is 3. The normalized spacial score (nSPS) is 16.9. The molecule has 0 bridgehead atoms. The van der Waals surface area contributed by atoms with Crippen LogP contribution in [0.2, 0.25) is 0 Å². The van der Waals surface area contributed by atoms with Crippen molar-refractivity contribution in [3.05, 3.63) is 53.1 Å². The first-order valence-corrected chi connectivity index (χ1v) is 8.02. The summed E-state index contributed by atoms with van der Waals surface area (Å²) < 4.78 is 14.9. The first-order chi connectivity index (χ1) is 11.6. The summed E-state index contributed by atoms with van der Waals surface area (Å²) in [5.74, 6) is -0.742. The van der Waals surface area contributed by atoms with E-state index in [-0.39, 0.29) is 29.4 Å². The fourth-order valence-electron chi connectivity index (χ4n) is 2.84. The van der Waals surface area contributed by atoms with E-state index in [1.165, 1.54) is 18.2 Å². The first-order valence-electron chi connectivity index (χ1n) is 8.02. The molecule has 1 aromatic heterocycles. The number of fused-ring (bicyclic) bond motifs is 1. The summed E-state index contributed by atoms with van der Waals surface area (Å²) >= 11 is 0. The lowest BCUT2D eigenvalue weighted by atomic mass is 10.2. The third-order valence-corrected chi connectivity index (χ3v) is 4.28. The van der Waals surface area contributed by atoms with Gasteiger partial charge in [0.2, 0.25) is 0 Å². The van der Waals surface area contributed by atoms with E-state index in [0.717, 1.165) is 18.4 Å². The number of amides is 2. The monoisotopic (exact) mass is 328 g/mol. The maximum atomic E-state index is 13.3. The fraction of sp³-hybridized carbons (Fsp3) is 0.353. The SMILES string of the molecule is O=C(NC1CC1)c1cc2n(n1)CCN(Cc1cccc(F)c1)C2=O. The van der Waals surface area contributed by atoms with Gasteiger partial charge in [-0.2, -0.15) is 5.10 Å². The van der Waals surface area contributed by atoms with E-state index in [1.54, 1.807) is 21.7 Å². The molecule has 1 N–H and O–H groups in total. The average molecular weight is 328 g/mol. The van der Waals surface area contributed by atoms with E-state index >= 15 is 0 Å². The zero-order chi connectivity index (χ0) is 16.7. The molecule has 1 saturated carbocycles. The fourth-order valence-corrected chi connectivity index (χ4v) is 2.84. The van der Waals surface area contributed by atoms with Crippen LogP contribution in [-0.4, -0.2) is 39.1 Å². The van der Waals surface area contributed by atoms with Gasteiger partial charge in [-0.05, 0) is 30.5 Å². The summed E-state index contributed by atoms with van der Waals surface area (Å²) in [6, 6.07) is 8.00. The Kier molecular flexibility index (Phi) is 3.55. The van der Waals surface area contributed by atoms with Gasteiger partial charge in [-0.25, -0.2) is 4.39 Å². The van der Waals surface area contributed by atoms with Crippen molar-refractivity contribution in [1.82, 2.24) is 20.0 Å². The van der Waals surface area contributed by atoms with Crippen molar-refractivity contribution in [2.45, 2.75) is 32.0 Å². The Hall–Kier alpha value is -2.70. The van der Waals surface area contributed by atoms with E-state index in [4.69, 9.17) is 0 Å². The van der Waals surface area contributed by atoms with Crippen LogP contribution in [0.1, 0.15) is 39.4 Å². The van der Waals surface area contributed by atoms with Gasteiger partial charge >= 0.3 is 0 Å². The molecule has 2 aliphatic rings. The van der Waals surface area contributed by atoms with Crippen molar-refractivity contribution in [1.29, 1.82) is 0 Å². The van der Waals surface area contributed by atoms with Crippen molar-refractivity contribution in [2.75, 3.05) is 6.54 Å². The number of carbonyl (C=O) groups excluding carboxylic acids is 2. The highest BCUT2D eigenvalue weighted by molar-refractivity contribution is 5.98. The molecule has 6 nitrogen and oxygen atoms in total. The van der Waals surface area contributed by atoms with Crippen LogP contribution in [0.25, 0.3) is 0 Å². The standard InChI is InChI=1S/C17H17FN4O2/c18-12-3-1-2-11(8-12)10-21-6-7-22-15(17(21)24)9-14(20-22)16(23)19-13-4-5-13/h1-3,8-9,13H,4-7,10H2,(H,19,23). The Bertz CT molecular complexity index is 813. The molecule has 7 heteroatoms. The number of benzene rings is 1. The van der Waals surface area contributed by atoms with Gasteiger partial charge in [-0.1, -0.05) is 12.1 Å². The number of nitrogens with one attached hydrogen (secondary N) is 1. The Morgan fingerprint density at radius 1 is 1.29 bits per heavy atom. The van der Waals surface area contributed by atoms with Gasteiger partial charge in [0, 0.05) is 25.2 Å². The number of carbonyl (C=O) groups is 2. The quantitative estimate of drug-likeness (QED) is 0.926. The van der Waals surface area contributed by atoms with Crippen LogP contribution in [0.5, 0.6) is 0 Å². The second kappa shape index (κ2) is 5.74. The van der Waals surface area contributed by atoms with Crippen LogP contribution in [0.4, 0.5) is 4.39 Å². The number of rotatable bonds is 4. The van der Waals surface area contributed by atoms with Gasteiger partial charge in [-0.15, -0.1) is 0 Å². The van der Waals surface area contributed by atoms with Crippen LogP contribution in [0.15, 0.2) is 30.3 Å². The minimum absolute atomic E-state index is 0.191. The number of aromatic nitrogens is 2. The lowest BCUT2D eigenvalue weighted by molar-refractivity contribution is 0.0682. The van der Waals surface area contributed by atoms with Crippen LogP contribution in [0.3, 0.4) is 0 Å². The van der Waals surface area contributed by atoms with Crippen LogP contribution < -0.4 is 5.32 Å². The zero-order valence-electron chi connectivity index (χ0n) is 13.0. The summed E-state index contributed by atoms with van der Waals surface area (Å²) in [6.45, 7) is 1.34. The highest BCUT2D eigenvalue weighted by atomic mass is 19.1. The number of halogens is 1. The van der Waals surface area contributed by atoms with Crippen LogP contribution in [0, 0.1) is 5.82 Å². The highest BCUT2D eigenvalue weighted by Gasteiger charge is 2.30. The highest BCUT2D eigenvalue weighted by Crippen LogP contribution is 2.20. The van der Waals surface area contributed by atoms with Crippen molar-refractivity contribution in [3.63, 3.8) is 0 Å². The van der Waals surface area contributed by atoms with Gasteiger partial charge < -0.3 is 10.2 Å². The summed E-state index contributed by atoms with van der Waals surface area (Å²) in [7, 11) is 0. The maximum Gasteiger partial charge on any atom is 0.272 e. The molecule has 0 unspecified atom stereocenters. The molecule has 1 fully saturated rings. The minimum Gasteiger partial charge on any atom is -0.348 e. The Balaban J connectivity index is 1.51. The number of hydrogen-bond donors (Lipinski definition) is 1. The molecule has 0 radical (unpaired) electrons. The second-order valence-electron chi connectivity index (χ2n) is 6.24. The van der Waals surface area contributed by atoms with Crippen molar-refractivity contribution in [3.8, 4) is 0 Å². The third kappa shape index (κ3) is 2.89. The van der Waals surface area contributed by atoms with Gasteiger partial charge in [0.15, 0.2) is 5.69 Å². The smallest absolute Gasteiger partial charge is 0.272 e. The molecular formula is C17H17FN4O2.